The molecule has 1 amide bonds. The Morgan fingerprint density at radius 1 is 1.30 bits per heavy atom. The second kappa shape index (κ2) is 7.90. The van der Waals surface area contributed by atoms with Crippen LogP contribution in [0.5, 0.6) is 5.75 Å². The first-order valence-electron chi connectivity index (χ1n) is 7.41. The molecule has 4 heteroatoms. The third kappa shape index (κ3) is 6.06. The highest BCUT2D eigenvalue weighted by atomic mass is 16.5. The lowest BCUT2D eigenvalue weighted by molar-refractivity contribution is -0.120. The van der Waals surface area contributed by atoms with Crippen molar-refractivity contribution >= 4 is 5.91 Å². The summed E-state index contributed by atoms with van der Waals surface area (Å²) in [7, 11) is 0. The van der Waals surface area contributed by atoms with Crippen LogP contribution in [0.25, 0.3) is 0 Å². The molecule has 1 aromatic carbocycles. The fraction of sp³-hybridized carbons (Fsp3) is 0.562. The van der Waals surface area contributed by atoms with Gasteiger partial charge in [-0.1, -0.05) is 17.7 Å². The smallest absolute Gasteiger partial charge is 0.233 e. The van der Waals surface area contributed by atoms with Crippen LogP contribution in [0.1, 0.15) is 24.8 Å². The van der Waals surface area contributed by atoms with Crippen molar-refractivity contribution in [3.05, 3.63) is 29.8 Å². The lowest BCUT2D eigenvalue weighted by Gasteiger charge is -2.08. The van der Waals surface area contributed by atoms with Crippen LogP contribution in [-0.4, -0.2) is 32.1 Å². The molecular formula is C16H24N2O2. The van der Waals surface area contributed by atoms with E-state index in [1.165, 1.54) is 18.4 Å². The Kier molecular flexibility index (Phi) is 5.87. The normalized spacial score (nSPS) is 14.1. The van der Waals surface area contributed by atoms with Gasteiger partial charge in [-0.2, -0.15) is 0 Å². The number of benzene rings is 1. The highest BCUT2D eigenvalue weighted by Crippen LogP contribution is 2.27. The minimum absolute atomic E-state index is 0.0704. The molecule has 0 aliphatic heterocycles. The zero-order valence-corrected chi connectivity index (χ0v) is 12.2. The number of carbonyl (C=O) groups excluding carboxylic acids is 1. The van der Waals surface area contributed by atoms with Crippen molar-refractivity contribution in [3.63, 3.8) is 0 Å². The molecule has 110 valence electrons. The van der Waals surface area contributed by atoms with E-state index in [0.717, 1.165) is 24.6 Å². The molecule has 0 unspecified atom stereocenters. The average molecular weight is 276 g/mol. The largest absolute Gasteiger partial charge is 0.494 e. The zero-order valence-electron chi connectivity index (χ0n) is 12.2. The minimum atomic E-state index is 0.0704. The molecule has 0 bridgehead atoms. The Labute approximate surface area is 120 Å². The maximum absolute atomic E-state index is 11.5. The van der Waals surface area contributed by atoms with Crippen LogP contribution in [0.2, 0.25) is 0 Å². The van der Waals surface area contributed by atoms with Gasteiger partial charge in [-0.3, -0.25) is 4.79 Å². The molecule has 1 aromatic rings. The maximum atomic E-state index is 11.5. The molecular weight excluding hydrogens is 252 g/mol. The van der Waals surface area contributed by atoms with Gasteiger partial charge in [-0.05, 0) is 50.8 Å². The second-order valence-corrected chi connectivity index (χ2v) is 5.44. The first-order valence-corrected chi connectivity index (χ1v) is 7.41. The van der Waals surface area contributed by atoms with Gasteiger partial charge in [-0.25, -0.2) is 0 Å². The molecule has 20 heavy (non-hydrogen) atoms. The van der Waals surface area contributed by atoms with E-state index in [0.29, 0.717) is 19.7 Å². The van der Waals surface area contributed by atoms with Crippen molar-refractivity contribution in [3.8, 4) is 5.75 Å². The van der Waals surface area contributed by atoms with Crippen molar-refractivity contribution in [2.75, 3.05) is 26.2 Å². The first-order chi connectivity index (χ1) is 9.74. The summed E-state index contributed by atoms with van der Waals surface area (Å²) in [5.74, 6) is 1.76. The van der Waals surface area contributed by atoms with Gasteiger partial charge in [0.25, 0.3) is 0 Å². The van der Waals surface area contributed by atoms with E-state index in [1.54, 1.807) is 0 Å². The molecule has 0 radical (unpaired) electrons. The molecule has 2 rings (SSSR count). The summed E-state index contributed by atoms with van der Waals surface area (Å²) in [6.07, 6.45) is 3.44. The number of rotatable bonds is 9. The lowest BCUT2D eigenvalue weighted by atomic mass is 10.2. The summed E-state index contributed by atoms with van der Waals surface area (Å²) in [6.45, 7) is 4.74. The molecule has 0 spiro atoms. The minimum Gasteiger partial charge on any atom is -0.494 e. The first kappa shape index (κ1) is 14.9. The summed E-state index contributed by atoms with van der Waals surface area (Å²) in [5.41, 5.74) is 1.23. The standard InChI is InChI=1S/C16H24N2O2/c1-13-3-7-15(8-4-13)20-10-2-9-18-16(19)12-17-11-14-5-6-14/h3-4,7-8,14,17H,2,5-6,9-12H2,1H3,(H,18,19). The van der Waals surface area contributed by atoms with E-state index in [9.17, 15) is 4.79 Å². The van der Waals surface area contributed by atoms with Crippen molar-refractivity contribution in [1.82, 2.24) is 10.6 Å². The third-order valence-corrected chi connectivity index (χ3v) is 3.35. The van der Waals surface area contributed by atoms with Gasteiger partial charge in [-0.15, -0.1) is 0 Å². The monoisotopic (exact) mass is 276 g/mol. The van der Waals surface area contributed by atoms with Crippen molar-refractivity contribution < 1.29 is 9.53 Å². The topological polar surface area (TPSA) is 50.4 Å². The van der Waals surface area contributed by atoms with Crippen LogP contribution in [0.15, 0.2) is 24.3 Å². The van der Waals surface area contributed by atoms with E-state index in [2.05, 4.69) is 17.6 Å². The van der Waals surface area contributed by atoms with Crippen molar-refractivity contribution in [1.29, 1.82) is 0 Å². The van der Waals surface area contributed by atoms with Crippen LogP contribution in [0.4, 0.5) is 0 Å². The van der Waals surface area contributed by atoms with E-state index < -0.39 is 0 Å². The molecule has 1 fully saturated rings. The van der Waals surface area contributed by atoms with Crippen LogP contribution >= 0.6 is 0 Å². The SMILES string of the molecule is Cc1ccc(OCCCNC(=O)CNCC2CC2)cc1. The highest BCUT2D eigenvalue weighted by molar-refractivity contribution is 5.77. The van der Waals surface area contributed by atoms with Gasteiger partial charge in [0.2, 0.25) is 5.91 Å². The van der Waals surface area contributed by atoms with E-state index in [4.69, 9.17) is 4.74 Å². The Bertz CT molecular complexity index is 413. The van der Waals surface area contributed by atoms with Gasteiger partial charge in [0, 0.05) is 6.54 Å². The summed E-state index contributed by atoms with van der Waals surface area (Å²) < 4.78 is 5.60. The van der Waals surface area contributed by atoms with Crippen LogP contribution in [0.3, 0.4) is 0 Å². The second-order valence-electron chi connectivity index (χ2n) is 5.44. The average Bonchev–Trinajstić information content (AvgIpc) is 3.25. The van der Waals surface area contributed by atoms with E-state index >= 15 is 0 Å². The molecule has 2 N–H and O–H groups in total. The number of nitrogens with one attached hydrogen (secondary N) is 2. The molecule has 4 nitrogen and oxygen atoms in total. The molecule has 1 aliphatic rings. The van der Waals surface area contributed by atoms with Gasteiger partial charge >= 0.3 is 0 Å². The summed E-state index contributed by atoms with van der Waals surface area (Å²) in [4.78, 5) is 11.5. The fourth-order valence-electron chi connectivity index (χ4n) is 1.90. The van der Waals surface area contributed by atoms with Crippen molar-refractivity contribution in [2.24, 2.45) is 5.92 Å². The number of carbonyl (C=O) groups is 1. The van der Waals surface area contributed by atoms with Crippen molar-refractivity contribution in [2.45, 2.75) is 26.2 Å². The summed E-state index contributed by atoms with van der Waals surface area (Å²) in [6, 6.07) is 8.00. The molecule has 1 saturated carbocycles. The Hall–Kier alpha value is -1.55. The number of amides is 1. The molecule has 0 saturated heterocycles. The quantitative estimate of drug-likeness (QED) is 0.677. The Morgan fingerprint density at radius 3 is 2.75 bits per heavy atom. The van der Waals surface area contributed by atoms with Gasteiger partial charge in [0.15, 0.2) is 0 Å². The van der Waals surface area contributed by atoms with Gasteiger partial charge in [0.05, 0.1) is 13.2 Å². The highest BCUT2D eigenvalue weighted by Gasteiger charge is 2.20. The van der Waals surface area contributed by atoms with Gasteiger partial charge < -0.3 is 15.4 Å². The lowest BCUT2D eigenvalue weighted by Crippen LogP contribution is -2.35. The van der Waals surface area contributed by atoms with Crippen LogP contribution < -0.4 is 15.4 Å². The molecule has 0 atom stereocenters. The summed E-state index contributed by atoms with van der Waals surface area (Å²) >= 11 is 0. The van der Waals surface area contributed by atoms with Gasteiger partial charge in [0.1, 0.15) is 5.75 Å². The fourth-order valence-corrected chi connectivity index (χ4v) is 1.90. The molecule has 1 aliphatic carbocycles. The zero-order chi connectivity index (χ0) is 14.2. The number of ether oxygens (including phenoxy) is 1. The Morgan fingerprint density at radius 2 is 2.05 bits per heavy atom. The van der Waals surface area contributed by atoms with Crippen LogP contribution in [-0.2, 0) is 4.79 Å². The Balaban J connectivity index is 1.46. The number of hydrogen-bond donors (Lipinski definition) is 2. The molecule has 0 aromatic heterocycles. The maximum Gasteiger partial charge on any atom is 0.233 e. The predicted octanol–water partition coefficient (Wildman–Crippen LogP) is 1.88. The predicted molar refractivity (Wildman–Crippen MR) is 79.9 cm³/mol. The summed E-state index contributed by atoms with van der Waals surface area (Å²) in [5, 5.41) is 6.07. The molecule has 0 heterocycles. The number of hydrogen-bond acceptors (Lipinski definition) is 3. The van der Waals surface area contributed by atoms with Crippen LogP contribution in [0, 0.1) is 12.8 Å². The van der Waals surface area contributed by atoms with E-state index in [-0.39, 0.29) is 5.91 Å². The third-order valence-electron chi connectivity index (χ3n) is 3.35. The van der Waals surface area contributed by atoms with E-state index in [1.807, 2.05) is 24.3 Å². The number of aryl methyl sites for hydroxylation is 1.